The Bertz CT molecular complexity index is 1010. The molecule has 0 aromatic heterocycles. The molecule has 0 spiro atoms. The first-order valence-corrected chi connectivity index (χ1v) is 16.6. The van der Waals surface area contributed by atoms with Gasteiger partial charge in [-0.15, -0.1) is 0 Å². The molecule has 9 nitrogen and oxygen atoms in total. The molecule has 4 saturated carbocycles. The van der Waals surface area contributed by atoms with Crippen LogP contribution >= 0.6 is 0 Å². The van der Waals surface area contributed by atoms with Crippen molar-refractivity contribution in [2.75, 3.05) is 12.3 Å². The predicted molar refractivity (Wildman–Crippen MR) is 145 cm³/mol. The van der Waals surface area contributed by atoms with Gasteiger partial charge in [-0.05, 0) is 80.0 Å². The Labute approximate surface area is 262 Å². The second-order valence-electron chi connectivity index (χ2n) is 14.1. The van der Waals surface area contributed by atoms with Crippen LogP contribution in [0.2, 0.25) is 0 Å². The molecule has 11 heteroatoms. The fourth-order valence-electron chi connectivity index (χ4n) is 9.81. The monoisotopic (exact) mass is 595 g/mol. The Morgan fingerprint density at radius 1 is 1.07 bits per heavy atom. The zero-order valence-corrected chi connectivity index (χ0v) is 27.8. The molecule has 0 aliphatic heterocycles. The van der Waals surface area contributed by atoms with Gasteiger partial charge in [-0.3, -0.25) is 4.79 Å². The van der Waals surface area contributed by atoms with Crippen molar-refractivity contribution in [3.8, 4) is 0 Å². The molecule has 12 atom stereocenters. The third kappa shape index (κ3) is 6.36. The first-order valence-electron chi connectivity index (χ1n) is 15.0. The number of hydrogen-bond acceptors (Lipinski definition) is 8. The summed E-state index contributed by atoms with van der Waals surface area (Å²) in [6.07, 6.45) is 5.09. The smallest absolute Gasteiger partial charge is 0.748 e. The Morgan fingerprint density at radius 2 is 1.75 bits per heavy atom. The summed E-state index contributed by atoms with van der Waals surface area (Å²) in [7, 11) is -4.35. The van der Waals surface area contributed by atoms with E-state index < -0.39 is 45.2 Å². The van der Waals surface area contributed by atoms with Crippen LogP contribution in [0.1, 0.15) is 91.9 Å². The van der Waals surface area contributed by atoms with Crippen LogP contribution in [0, 0.1) is 46.3 Å². The van der Waals surface area contributed by atoms with E-state index in [1.807, 2.05) is 6.92 Å². The Morgan fingerprint density at radius 3 is 2.40 bits per heavy atom. The second-order valence-corrected chi connectivity index (χ2v) is 15.6. The molecule has 1 amide bonds. The van der Waals surface area contributed by atoms with Crippen molar-refractivity contribution in [2.45, 2.75) is 116 Å². The topological polar surface area (TPSA) is 167 Å². The van der Waals surface area contributed by atoms with Gasteiger partial charge in [0.1, 0.15) is 0 Å². The van der Waals surface area contributed by atoms with Gasteiger partial charge in [0.25, 0.3) is 0 Å². The molecule has 0 saturated heterocycles. The molecule has 4 aliphatic rings. The number of amides is 1. The van der Waals surface area contributed by atoms with Crippen LogP contribution in [0.3, 0.4) is 0 Å². The maximum Gasteiger partial charge on any atom is 1.00 e. The number of hydrogen-bond donors (Lipinski definition) is 5. The standard InChI is InChI=1S/C29H51NO8S.Na/c1-17(6-5-7-18(2)26(34)30-12-13-39(36,37)38)22-15-23(32)25-20-14-24(33)29(35)16-19(31)8-11-28(29,4)21(20)9-10-27(22,25)3;/h17-25,31-33,35H,5-16H2,1-4H3,(H,30,34)(H,36,37,38);/q;+1/p-1/t17-,18+,19+,20?,21?,22-,23+,24-,25?,27-,28-,29+;/m1./s1. The quantitative estimate of drug-likeness (QED) is 0.170. The van der Waals surface area contributed by atoms with Gasteiger partial charge in [0.2, 0.25) is 5.91 Å². The van der Waals surface area contributed by atoms with Gasteiger partial charge >= 0.3 is 29.6 Å². The van der Waals surface area contributed by atoms with Crippen molar-refractivity contribution in [3.63, 3.8) is 0 Å². The number of carbonyl (C=O) groups excluding carboxylic acids is 1. The molecule has 4 fully saturated rings. The zero-order chi connectivity index (χ0) is 29.0. The van der Waals surface area contributed by atoms with Gasteiger partial charge in [-0.25, -0.2) is 8.42 Å². The maximum absolute atomic E-state index is 12.3. The van der Waals surface area contributed by atoms with E-state index in [4.69, 9.17) is 0 Å². The molecule has 40 heavy (non-hydrogen) atoms. The van der Waals surface area contributed by atoms with Crippen molar-refractivity contribution in [1.29, 1.82) is 0 Å². The number of rotatable bonds is 9. The van der Waals surface area contributed by atoms with Crippen LogP contribution < -0.4 is 34.9 Å². The predicted octanol–water partition coefficient (Wildman–Crippen LogP) is -0.829. The van der Waals surface area contributed by atoms with Crippen molar-refractivity contribution in [3.05, 3.63) is 0 Å². The maximum atomic E-state index is 12.3. The van der Waals surface area contributed by atoms with Crippen LogP contribution in [-0.4, -0.2) is 75.5 Å². The van der Waals surface area contributed by atoms with Crippen molar-refractivity contribution in [2.24, 2.45) is 46.3 Å². The summed E-state index contributed by atoms with van der Waals surface area (Å²) in [4.78, 5) is 12.3. The first-order chi connectivity index (χ1) is 18.0. The van der Waals surface area contributed by atoms with Crippen molar-refractivity contribution < 1.29 is 67.7 Å². The minimum atomic E-state index is -4.35. The molecular formula is C29H50NNaO8S. The molecule has 3 unspecified atom stereocenters. The second kappa shape index (κ2) is 12.7. The van der Waals surface area contributed by atoms with Crippen LogP contribution in [-0.2, 0) is 14.9 Å². The molecule has 5 N–H and O–H groups in total. The fraction of sp³-hybridized carbons (Fsp3) is 0.966. The summed E-state index contributed by atoms with van der Waals surface area (Å²) >= 11 is 0. The number of aliphatic hydroxyl groups excluding tert-OH is 3. The summed E-state index contributed by atoms with van der Waals surface area (Å²) in [6, 6.07) is 0. The third-order valence-electron chi connectivity index (χ3n) is 12.0. The van der Waals surface area contributed by atoms with Crippen LogP contribution in [0.5, 0.6) is 0 Å². The third-order valence-corrected chi connectivity index (χ3v) is 12.7. The minimum absolute atomic E-state index is 0. The number of carbonyl (C=O) groups is 1. The fourth-order valence-corrected chi connectivity index (χ4v) is 10.2. The summed E-state index contributed by atoms with van der Waals surface area (Å²) in [5.41, 5.74) is -1.83. The van der Waals surface area contributed by atoms with Crippen LogP contribution in [0.25, 0.3) is 0 Å². The average Bonchev–Trinajstić information content (AvgIpc) is 3.11. The minimum Gasteiger partial charge on any atom is -0.748 e. The number of nitrogens with one attached hydrogen (secondary N) is 1. The molecular weight excluding hydrogens is 545 g/mol. The van der Waals surface area contributed by atoms with Gasteiger partial charge in [0.05, 0.1) is 39.8 Å². The summed E-state index contributed by atoms with van der Waals surface area (Å²) < 4.78 is 32.2. The first kappa shape index (κ1) is 34.7. The Kier molecular flexibility index (Phi) is 11.0. The van der Waals surface area contributed by atoms with E-state index >= 15 is 0 Å². The summed E-state index contributed by atoms with van der Waals surface area (Å²) in [6.45, 7) is 8.29. The van der Waals surface area contributed by atoms with E-state index in [2.05, 4.69) is 26.1 Å². The van der Waals surface area contributed by atoms with Gasteiger partial charge in [0.15, 0.2) is 0 Å². The Balaban J connectivity index is 0.00000441. The molecule has 0 heterocycles. The van der Waals surface area contributed by atoms with E-state index in [0.29, 0.717) is 37.5 Å². The number of fused-ring (bicyclic) bond motifs is 5. The largest absolute Gasteiger partial charge is 1.00 e. The zero-order valence-electron chi connectivity index (χ0n) is 25.0. The normalized spacial score (nSPS) is 44.4. The van der Waals surface area contributed by atoms with Crippen molar-refractivity contribution >= 4 is 16.0 Å². The van der Waals surface area contributed by atoms with Gasteiger partial charge in [-0.1, -0.05) is 40.5 Å². The van der Waals surface area contributed by atoms with Crippen LogP contribution in [0.15, 0.2) is 0 Å². The molecule has 226 valence electrons. The molecule has 0 radical (unpaired) electrons. The van der Waals surface area contributed by atoms with Crippen LogP contribution in [0.4, 0.5) is 0 Å². The average molecular weight is 596 g/mol. The van der Waals surface area contributed by atoms with E-state index in [-0.39, 0.29) is 77.5 Å². The summed E-state index contributed by atoms with van der Waals surface area (Å²) in [5, 5.41) is 47.2. The molecule has 4 aliphatic carbocycles. The molecule has 0 aromatic rings. The SMILES string of the molecule is C[C@H](CCC[C@H](C)C(=O)NCCS(=O)(=O)[O-])[C@H]1C[C@H](O)C2C3C[C@@H](O)[C@@]4(O)C[C@@H](O)CC[C@]4(C)C3CC[C@@]21C.[Na+]. The van der Waals surface area contributed by atoms with E-state index in [1.165, 1.54) is 0 Å². The molecule has 0 bridgehead atoms. The van der Waals surface area contributed by atoms with Gasteiger partial charge < -0.3 is 30.3 Å². The Hall–Kier alpha value is 0.220. The van der Waals surface area contributed by atoms with E-state index in [9.17, 15) is 38.2 Å². The molecule has 4 rings (SSSR count). The van der Waals surface area contributed by atoms with Crippen molar-refractivity contribution in [1.82, 2.24) is 5.32 Å². The van der Waals surface area contributed by atoms with Gasteiger partial charge in [0, 0.05) is 24.3 Å². The van der Waals surface area contributed by atoms with E-state index in [0.717, 1.165) is 32.1 Å². The summed E-state index contributed by atoms with van der Waals surface area (Å²) in [5.74, 6) is -0.0605. The van der Waals surface area contributed by atoms with Gasteiger partial charge in [-0.2, -0.15) is 0 Å². The number of aliphatic hydroxyl groups is 4. The van der Waals surface area contributed by atoms with E-state index in [1.54, 1.807) is 0 Å². The molecule has 0 aromatic carbocycles.